The summed E-state index contributed by atoms with van der Waals surface area (Å²) in [6, 6.07) is 9.19. The second-order valence-electron chi connectivity index (χ2n) is 8.34. The first kappa shape index (κ1) is 19.6. The standard InChI is InChI=1S/C21H26N6OS/c1-21(2,3)27-9-7-26(8-10-27)20(28)16-12-15-17(23)24-18(25-19(15)29-16)13-5-4-6-14(22)11-13/h4-6,11-12H,7-10,22H2,1-3H3,(H2,23,24,25). The second kappa shape index (κ2) is 7.27. The summed E-state index contributed by atoms with van der Waals surface area (Å²) in [5.74, 6) is 0.925. The van der Waals surface area contributed by atoms with E-state index in [-0.39, 0.29) is 11.4 Å². The molecule has 0 saturated carbocycles. The first-order valence-electron chi connectivity index (χ1n) is 9.69. The number of hydrogen-bond donors (Lipinski definition) is 2. The second-order valence-corrected chi connectivity index (χ2v) is 9.37. The van der Waals surface area contributed by atoms with Crippen LogP contribution in [0.5, 0.6) is 0 Å². The van der Waals surface area contributed by atoms with Gasteiger partial charge in [-0.25, -0.2) is 9.97 Å². The lowest BCUT2D eigenvalue weighted by molar-refractivity contribution is 0.0455. The van der Waals surface area contributed by atoms with Crippen LogP contribution in [0.1, 0.15) is 30.4 Å². The number of thiophene rings is 1. The van der Waals surface area contributed by atoms with E-state index in [4.69, 9.17) is 11.5 Å². The zero-order valence-electron chi connectivity index (χ0n) is 17.0. The monoisotopic (exact) mass is 410 g/mol. The zero-order chi connectivity index (χ0) is 20.8. The molecule has 1 aliphatic heterocycles. The van der Waals surface area contributed by atoms with Gasteiger partial charge in [-0.3, -0.25) is 9.69 Å². The van der Waals surface area contributed by atoms with Gasteiger partial charge in [0.15, 0.2) is 5.82 Å². The van der Waals surface area contributed by atoms with Crippen molar-refractivity contribution in [3.8, 4) is 11.4 Å². The summed E-state index contributed by atoms with van der Waals surface area (Å²) in [5, 5.41) is 0.722. The third-order valence-electron chi connectivity index (χ3n) is 5.29. The highest BCUT2D eigenvalue weighted by atomic mass is 32.1. The lowest BCUT2D eigenvalue weighted by Crippen LogP contribution is -2.54. The van der Waals surface area contributed by atoms with Crippen molar-refractivity contribution in [1.29, 1.82) is 0 Å². The highest BCUT2D eigenvalue weighted by molar-refractivity contribution is 7.20. The summed E-state index contributed by atoms with van der Waals surface area (Å²) in [5.41, 5.74) is 13.6. The minimum atomic E-state index is 0.0338. The first-order valence-corrected chi connectivity index (χ1v) is 10.5. The Labute approximate surface area is 174 Å². The van der Waals surface area contributed by atoms with Crippen molar-refractivity contribution in [3.05, 3.63) is 35.2 Å². The number of carbonyl (C=O) groups excluding carboxylic acids is 1. The van der Waals surface area contributed by atoms with E-state index in [1.165, 1.54) is 11.3 Å². The maximum Gasteiger partial charge on any atom is 0.264 e. The van der Waals surface area contributed by atoms with Gasteiger partial charge < -0.3 is 16.4 Å². The van der Waals surface area contributed by atoms with Gasteiger partial charge in [0.1, 0.15) is 10.6 Å². The number of anilines is 2. The Bertz CT molecular complexity index is 1060. The average Bonchev–Trinajstić information content (AvgIpc) is 3.12. The summed E-state index contributed by atoms with van der Waals surface area (Å²) < 4.78 is 0. The molecule has 0 atom stereocenters. The van der Waals surface area contributed by atoms with E-state index in [0.717, 1.165) is 37.1 Å². The van der Waals surface area contributed by atoms with Crippen LogP contribution in [0.3, 0.4) is 0 Å². The Morgan fingerprint density at radius 3 is 2.45 bits per heavy atom. The van der Waals surface area contributed by atoms with Crippen molar-refractivity contribution < 1.29 is 4.79 Å². The SMILES string of the molecule is CC(C)(C)N1CCN(C(=O)c2cc3c(N)nc(-c4cccc(N)c4)nc3s2)CC1. The molecule has 4 rings (SSSR count). The Balaban J connectivity index is 1.59. The van der Waals surface area contributed by atoms with E-state index < -0.39 is 0 Å². The van der Waals surface area contributed by atoms with Crippen LogP contribution < -0.4 is 11.5 Å². The normalized spacial score (nSPS) is 15.8. The van der Waals surface area contributed by atoms with Gasteiger partial charge in [0.2, 0.25) is 0 Å². The molecule has 0 aliphatic carbocycles. The van der Waals surface area contributed by atoms with Crippen molar-refractivity contribution in [2.24, 2.45) is 0 Å². The summed E-state index contributed by atoms with van der Waals surface area (Å²) >= 11 is 1.37. The van der Waals surface area contributed by atoms with Crippen LogP contribution in [0.4, 0.5) is 11.5 Å². The molecular weight excluding hydrogens is 384 g/mol. The number of carbonyl (C=O) groups is 1. The Kier molecular flexibility index (Phi) is 4.92. The first-order chi connectivity index (χ1) is 13.7. The van der Waals surface area contributed by atoms with E-state index in [9.17, 15) is 4.79 Å². The van der Waals surface area contributed by atoms with E-state index in [1.807, 2.05) is 35.2 Å². The quantitative estimate of drug-likeness (QED) is 0.630. The van der Waals surface area contributed by atoms with Gasteiger partial charge in [0.25, 0.3) is 5.91 Å². The molecule has 0 bridgehead atoms. The third kappa shape index (κ3) is 3.90. The van der Waals surface area contributed by atoms with Crippen molar-refractivity contribution in [3.63, 3.8) is 0 Å². The maximum absolute atomic E-state index is 13.0. The Morgan fingerprint density at radius 1 is 1.07 bits per heavy atom. The van der Waals surface area contributed by atoms with Crippen LogP contribution in [-0.2, 0) is 0 Å². The van der Waals surface area contributed by atoms with Gasteiger partial charge in [-0.05, 0) is 39.0 Å². The molecular formula is C21H26N6OS. The Hall–Kier alpha value is -2.71. The van der Waals surface area contributed by atoms with Crippen molar-refractivity contribution >= 4 is 39.0 Å². The summed E-state index contributed by atoms with van der Waals surface area (Å²) in [6.07, 6.45) is 0. The lowest BCUT2D eigenvalue weighted by atomic mass is 10.0. The predicted molar refractivity (Wildman–Crippen MR) is 119 cm³/mol. The van der Waals surface area contributed by atoms with E-state index in [0.29, 0.717) is 27.0 Å². The molecule has 7 nitrogen and oxygen atoms in total. The van der Waals surface area contributed by atoms with Gasteiger partial charge in [-0.2, -0.15) is 0 Å². The van der Waals surface area contributed by atoms with Gasteiger partial charge >= 0.3 is 0 Å². The number of hydrogen-bond acceptors (Lipinski definition) is 7. The van der Waals surface area contributed by atoms with Crippen LogP contribution in [0.25, 0.3) is 21.6 Å². The lowest BCUT2D eigenvalue weighted by Gasteiger charge is -2.42. The fourth-order valence-electron chi connectivity index (χ4n) is 3.59. The summed E-state index contributed by atoms with van der Waals surface area (Å²) in [6.45, 7) is 9.81. The minimum Gasteiger partial charge on any atom is -0.399 e. The maximum atomic E-state index is 13.0. The van der Waals surface area contributed by atoms with E-state index in [2.05, 4.69) is 35.6 Å². The molecule has 1 fully saturated rings. The van der Waals surface area contributed by atoms with Crippen molar-refractivity contribution in [2.45, 2.75) is 26.3 Å². The van der Waals surface area contributed by atoms with Gasteiger partial charge in [-0.1, -0.05) is 12.1 Å². The fraction of sp³-hybridized carbons (Fsp3) is 0.381. The zero-order valence-corrected chi connectivity index (χ0v) is 17.8. The van der Waals surface area contributed by atoms with Gasteiger partial charge in [-0.15, -0.1) is 11.3 Å². The molecule has 0 radical (unpaired) electrons. The topological polar surface area (TPSA) is 101 Å². The number of piperazine rings is 1. The van der Waals surface area contributed by atoms with Crippen LogP contribution in [0.2, 0.25) is 0 Å². The summed E-state index contributed by atoms with van der Waals surface area (Å²) in [4.78, 5) is 27.8. The highest BCUT2D eigenvalue weighted by Gasteiger charge is 2.29. The number of benzene rings is 1. The number of rotatable bonds is 2. The van der Waals surface area contributed by atoms with Gasteiger partial charge in [0.05, 0.1) is 10.3 Å². The van der Waals surface area contributed by atoms with E-state index >= 15 is 0 Å². The Morgan fingerprint density at radius 2 is 1.79 bits per heavy atom. The molecule has 8 heteroatoms. The molecule has 4 N–H and O–H groups in total. The molecule has 1 aromatic carbocycles. The molecule has 0 spiro atoms. The minimum absolute atomic E-state index is 0.0338. The van der Waals surface area contributed by atoms with E-state index in [1.54, 1.807) is 0 Å². The molecule has 152 valence electrons. The van der Waals surface area contributed by atoms with Crippen molar-refractivity contribution in [2.75, 3.05) is 37.6 Å². The molecule has 29 heavy (non-hydrogen) atoms. The smallest absolute Gasteiger partial charge is 0.264 e. The van der Waals surface area contributed by atoms with Crippen LogP contribution in [-0.4, -0.2) is 57.4 Å². The predicted octanol–water partition coefficient (Wildman–Crippen LogP) is 3.08. The highest BCUT2D eigenvalue weighted by Crippen LogP contribution is 2.31. The number of aromatic nitrogens is 2. The van der Waals surface area contributed by atoms with Crippen LogP contribution >= 0.6 is 11.3 Å². The third-order valence-corrected chi connectivity index (χ3v) is 6.31. The number of nitrogens with zero attached hydrogens (tertiary/aromatic N) is 4. The number of fused-ring (bicyclic) bond motifs is 1. The molecule has 3 heterocycles. The number of nitrogens with two attached hydrogens (primary N) is 2. The molecule has 1 aliphatic rings. The molecule has 2 aromatic heterocycles. The summed E-state index contributed by atoms with van der Waals surface area (Å²) in [7, 11) is 0. The molecule has 1 amide bonds. The molecule has 3 aromatic rings. The van der Waals surface area contributed by atoms with Crippen LogP contribution in [0, 0.1) is 0 Å². The molecule has 0 unspecified atom stereocenters. The number of nitrogen functional groups attached to an aromatic ring is 2. The van der Waals surface area contributed by atoms with Crippen LogP contribution in [0.15, 0.2) is 30.3 Å². The van der Waals surface area contributed by atoms with Gasteiger partial charge in [0, 0.05) is 43.0 Å². The largest absolute Gasteiger partial charge is 0.399 e. The average molecular weight is 411 g/mol. The molecule has 1 saturated heterocycles. The number of amides is 1. The fourth-order valence-corrected chi connectivity index (χ4v) is 4.60. The van der Waals surface area contributed by atoms with Crippen molar-refractivity contribution in [1.82, 2.24) is 19.8 Å².